The summed E-state index contributed by atoms with van der Waals surface area (Å²) < 4.78 is 2.54. The number of fused-ring (bicyclic) bond motifs is 1. The average Bonchev–Trinajstić information content (AvgIpc) is 2.56. The standard InChI is InChI=1S/C18H16N4O2/c1-11-8-12(2)20-16-15(11)17(23)22(18(24)21(16)3)10-14-7-5-4-6-13(14)9-19/h4-8H,10H2,1-3H3. The van der Waals surface area contributed by atoms with Crippen LogP contribution in [0.2, 0.25) is 0 Å². The number of aromatic nitrogens is 3. The van der Waals surface area contributed by atoms with E-state index in [0.717, 1.165) is 15.8 Å². The van der Waals surface area contributed by atoms with Crippen LogP contribution in [0.1, 0.15) is 22.4 Å². The maximum atomic E-state index is 12.9. The molecule has 0 saturated carbocycles. The zero-order valence-corrected chi connectivity index (χ0v) is 13.7. The van der Waals surface area contributed by atoms with Gasteiger partial charge in [0.2, 0.25) is 0 Å². The van der Waals surface area contributed by atoms with Crippen LogP contribution >= 0.6 is 0 Å². The smallest absolute Gasteiger partial charge is 0.280 e. The fraction of sp³-hybridized carbons (Fsp3) is 0.222. The number of nitriles is 1. The molecule has 0 unspecified atom stereocenters. The second kappa shape index (κ2) is 5.78. The van der Waals surface area contributed by atoms with Crippen LogP contribution in [0.25, 0.3) is 11.0 Å². The minimum atomic E-state index is -0.447. The lowest BCUT2D eigenvalue weighted by atomic mass is 10.1. The number of aryl methyl sites for hydroxylation is 3. The molecule has 0 radical (unpaired) electrons. The van der Waals surface area contributed by atoms with Crippen molar-refractivity contribution in [1.29, 1.82) is 5.26 Å². The van der Waals surface area contributed by atoms with Crippen molar-refractivity contribution >= 4 is 11.0 Å². The van der Waals surface area contributed by atoms with Crippen LogP contribution < -0.4 is 11.2 Å². The van der Waals surface area contributed by atoms with Crippen LogP contribution in [0.15, 0.2) is 39.9 Å². The molecule has 0 N–H and O–H groups in total. The highest BCUT2D eigenvalue weighted by molar-refractivity contribution is 5.78. The third-order valence-electron chi connectivity index (χ3n) is 4.09. The van der Waals surface area contributed by atoms with Crippen LogP contribution in [0, 0.1) is 25.2 Å². The molecule has 0 atom stereocenters. The number of hydrogen-bond acceptors (Lipinski definition) is 4. The molecular weight excluding hydrogens is 304 g/mol. The summed E-state index contributed by atoms with van der Waals surface area (Å²) in [7, 11) is 1.60. The zero-order chi connectivity index (χ0) is 17.4. The van der Waals surface area contributed by atoms with Gasteiger partial charge in [-0.25, -0.2) is 9.78 Å². The normalized spacial score (nSPS) is 10.8. The second-order valence-electron chi connectivity index (χ2n) is 5.78. The van der Waals surface area contributed by atoms with E-state index in [0.29, 0.717) is 22.2 Å². The first-order valence-electron chi connectivity index (χ1n) is 7.50. The summed E-state index contributed by atoms with van der Waals surface area (Å²) in [6.07, 6.45) is 0. The van der Waals surface area contributed by atoms with Gasteiger partial charge in [-0.05, 0) is 37.1 Å². The van der Waals surface area contributed by atoms with Crippen LogP contribution in [-0.2, 0) is 13.6 Å². The Hall–Kier alpha value is -3.20. The molecule has 0 saturated heterocycles. The Kier molecular flexibility index (Phi) is 3.78. The molecule has 1 aromatic carbocycles. The van der Waals surface area contributed by atoms with Gasteiger partial charge in [0.25, 0.3) is 5.56 Å². The van der Waals surface area contributed by atoms with E-state index < -0.39 is 5.69 Å². The van der Waals surface area contributed by atoms with Crippen molar-refractivity contribution in [2.45, 2.75) is 20.4 Å². The Bertz CT molecular complexity index is 1120. The SMILES string of the molecule is Cc1cc(C)c2c(=O)n(Cc3ccccc3C#N)c(=O)n(C)c2n1. The van der Waals surface area contributed by atoms with Gasteiger partial charge in [0.1, 0.15) is 5.65 Å². The van der Waals surface area contributed by atoms with Crippen LogP contribution in [0.3, 0.4) is 0 Å². The van der Waals surface area contributed by atoms with Gasteiger partial charge in [0.15, 0.2) is 0 Å². The van der Waals surface area contributed by atoms with Gasteiger partial charge in [-0.2, -0.15) is 5.26 Å². The fourth-order valence-electron chi connectivity index (χ4n) is 2.89. The molecule has 0 aliphatic heterocycles. The van der Waals surface area contributed by atoms with E-state index in [1.54, 1.807) is 31.3 Å². The quantitative estimate of drug-likeness (QED) is 0.719. The van der Waals surface area contributed by atoms with E-state index in [1.807, 2.05) is 19.9 Å². The minimum absolute atomic E-state index is 0.0541. The molecule has 3 aromatic rings. The van der Waals surface area contributed by atoms with Gasteiger partial charge in [-0.3, -0.25) is 13.9 Å². The highest BCUT2D eigenvalue weighted by atomic mass is 16.2. The monoisotopic (exact) mass is 320 g/mol. The molecule has 0 bridgehead atoms. The topological polar surface area (TPSA) is 80.7 Å². The van der Waals surface area contributed by atoms with Crippen LogP contribution in [-0.4, -0.2) is 14.1 Å². The molecule has 2 heterocycles. The second-order valence-corrected chi connectivity index (χ2v) is 5.78. The van der Waals surface area contributed by atoms with Gasteiger partial charge in [-0.1, -0.05) is 18.2 Å². The Morgan fingerprint density at radius 2 is 1.92 bits per heavy atom. The highest BCUT2D eigenvalue weighted by Gasteiger charge is 2.15. The molecule has 120 valence electrons. The summed E-state index contributed by atoms with van der Waals surface area (Å²) in [4.78, 5) is 29.8. The van der Waals surface area contributed by atoms with Crippen molar-refractivity contribution in [2.24, 2.45) is 7.05 Å². The lowest BCUT2D eigenvalue weighted by Gasteiger charge is -2.12. The van der Waals surface area contributed by atoms with E-state index in [1.165, 1.54) is 4.57 Å². The summed E-state index contributed by atoms with van der Waals surface area (Å²) in [5.41, 5.74) is 2.17. The molecule has 0 fully saturated rings. The molecule has 0 aliphatic rings. The summed E-state index contributed by atoms with van der Waals surface area (Å²) in [5.74, 6) is 0. The van der Waals surface area contributed by atoms with E-state index in [4.69, 9.17) is 0 Å². The van der Waals surface area contributed by atoms with E-state index >= 15 is 0 Å². The third-order valence-corrected chi connectivity index (χ3v) is 4.09. The van der Waals surface area contributed by atoms with Crippen molar-refractivity contribution in [3.05, 3.63) is 73.6 Å². The first-order chi connectivity index (χ1) is 11.4. The molecule has 0 spiro atoms. The third kappa shape index (κ3) is 2.40. The van der Waals surface area contributed by atoms with Crippen LogP contribution in [0.4, 0.5) is 0 Å². The predicted molar refractivity (Wildman–Crippen MR) is 91.0 cm³/mol. The van der Waals surface area contributed by atoms with E-state index in [-0.39, 0.29) is 12.1 Å². The number of hydrogen-bond donors (Lipinski definition) is 0. The van der Waals surface area contributed by atoms with Crippen LogP contribution in [0.5, 0.6) is 0 Å². The molecule has 3 rings (SSSR count). The first kappa shape index (κ1) is 15.7. The zero-order valence-electron chi connectivity index (χ0n) is 13.7. The van der Waals surface area contributed by atoms with Crippen molar-refractivity contribution in [1.82, 2.24) is 14.1 Å². The number of nitrogens with zero attached hydrogens (tertiary/aromatic N) is 4. The maximum Gasteiger partial charge on any atom is 0.332 e. The number of pyridine rings is 1. The summed E-state index contributed by atoms with van der Waals surface area (Å²) in [5, 5.41) is 9.63. The predicted octanol–water partition coefficient (Wildman–Crippen LogP) is 1.63. The van der Waals surface area contributed by atoms with Crippen molar-refractivity contribution in [3.63, 3.8) is 0 Å². The van der Waals surface area contributed by atoms with E-state index in [2.05, 4.69) is 11.1 Å². The highest BCUT2D eigenvalue weighted by Crippen LogP contribution is 2.13. The van der Waals surface area contributed by atoms with Gasteiger partial charge >= 0.3 is 5.69 Å². The van der Waals surface area contributed by atoms with Crippen molar-refractivity contribution in [3.8, 4) is 6.07 Å². The maximum absolute atomic E-state index is 12.9. The largest absolute Gasteiger partial charge is 0.332 e. The molecule has 0 amide bonds. The van der Waals surface area contributed by atoms with Gasteiger partial charge in [0, 0.05) is 12.7 Å². The lowest BCUT2D eigenvalue weighted by Crippen LogP contribution is -2.40. The summed E-state index contributed by atoms with van der Waals surface area (Å²) >= 11 is 0. The number of benzene rings is 1. The van der Waals surface area contributed by atoms with E-state index in [9.17, 15) is 14.9 Å². The van der Waals surface area contributed by atoms with Gasteiger partial charge in [-0.15, -0.1) is 0 Å². The van der Waals surface area contributed by atoms with Crippen molar-refractivity contribution in [2.75, 3.05) is 0 Å². The Labute approximate surface area is 138 Å². The minimum Gasteiger partial charge on any atom is -0.280 e. The van der Waals surface area contributed by atoms with Gasteiger partial charge in [0.05, 0.1) is 23.6 Å². The fourth-order valence-corrected chi connectivity index (χ4v) is 2.89. The van der Waals surface area contributed by atoms with Gasteiger partial charge < -0.3 is 0 Å². The van der Waals surface area contributed by atoms with Crippen molar-refractivity contribution < 1.29 is 0 Å². The first-order valence-corrected chi connectivity index (χ1v) is 7.50. The Balaban J connectivity index is 2.33. The Morgan fingerprint density at radius 3 is 2.62 bits per heavy atom. The molecule has 6 heteroatoms. The Morgan fingerprint density at radius 1 is 1.21 bits per heavy atom. The lowest BCUT2D eigenvalue weighted by molar-refractivity contribution is 0.655. The average molecular weight is 320 g/mol. The molecule has 0 aliphatic carbocycles. The number of rotatable bonds is 2. The molecule has 24 heavy (non-hydrogen) atoms. The molecular formula is C18H16N4O2. The summed E-state index contributed by atoms with van der Waals surface area (Å²) in [6.45, 7) is 3.71. The molecule has 6 nitrogen and oxygen atoms in total. The summed E-state index contributed by atoms with van der Waals surface area (Å²) in [6, 6.07) is 10.9. The molecule has 2 aromatic heterocycles.